The quantitative estimate of drug-likeness (QED) is 0.807. The number of hydrogen-bond acceptors (Lipinski definition) is 5. The van der Waals surface area contributed by atoms with Gasteiger partial charge in [-0.05, 0) is 44.9 Å². The highest BCUT2D eigenvalue weighted by molar-refractivity contribution is 7.89. The molecule has 0 aliphatic carbocycles. The van der Waals surface area contributed by atoms with Gasteiger partial charge in [0.05, 0.1) is 7.11 Å². The first-order valence-corrected chi connectivity index (χ1v) is 10.5. The highest BCUT2D eigenvalue weighted by Crippen LogP contribution is 2.30. The lowest BCUT2D eigenvalue weighted by Gasteiger charge is -2.38. The molecule has 2 unspecified atom stereocenters. The molecule has 1 N–H and O–H groups in total. The van der Waals surface area contributed by atoms with Gasteiger partial charge >= 0.3 is 0 Å². The van der Waals surface area contributed by atoms with E-state index < -0.39 is 10.0 Å². The summed E-state index contributed by atoms with van der Waals surface area (Å²) in [7, 11) is -2.22. The topological polar surface area (TPSA) is 79.0 Å². The van der Waals surface area contributed by atoms with Gasteiger partial charge in [-0.1, -0.05) is 0 Å². The summed E-state index contributed by atoms with van der Waals surface area (Å²) in [5.41, 5.74) is 0.379. The molecule has 7 nitrogen and oxygen atoms in total. The Morgan fingerprint density at radius 3 is 2.48 bits per heavy atom. The third-order valence-electron chi connectivity index (χ3n) is 5.39. The lowest BCUT2D eigenvalue weighted by Crippen LogP contribution is -2.57. The number of nitrogens with one attached hydrogen (secondary N) is 1. The van der Waals surface area contributed by atoms with Gasteiger partial charge in [-0.15, -0.1) is 12.4 Å². The highest BCUT2D eigenvalue weighted by atomic mass is 35.5. The zero-order valence-electron chi connectivity index (χ0n) is 16.0. The number of halogens is 1. The molecule has 1 aromatic carbocycles. The number of amides is 1. The maximum absolute atomic E-state index is 13.0. The molecule has 0 radical (unpaired) electrons. The summed E-state index contributed by atoms with van der Waals surface area (Å²) < 4.78 is 32.7. The van der Waals surface area contributed by atoms with E-state index in [0.717, 1.165) is 19.4 Å². The number of ether oxygens (including phenoxy) is 1. The number of piperazine rings is 1. The fourth-order valence-corrected chi connectivity index (χ4v) is 5.29. The molecular weight excluding hydrogens is 390 g/mol. The molecule has 2 aliphatic rings. The summed E-state index contributed by atoms with van der Waals surface area (Å²) in [5.74, 6) is 0.126. The van der Waals surface area contributed by atoms with Gasteiger partial charge in [-0.3, -0.25) is 4.79 Å². The second-order valence-corrected chi connectivity index (χ2v) is 8.87. The Morgan fingerprint density at radius 2 is 1.85 bits per heavy atom. The van der Waals surface area contributed by atoms with Crippen molar-refractivity contribution < 1.29 is 17.9 Å². The smallest absolute Gasteiger partial charge is 0.254 e. The van der Waals surface area contributed by atoms with E-state index in [9.17, 15) is 13.2 Å². The molecule has 0 aromatic heterocycles. The average Bonchev–Trinajstić information content (AvgIpc) is 3.18. The Labute approximate surface area is 167 Å². The summed E-state index contributed by atoms with van der Waals surface area (Å²) in [5, 5.41) is 3.34. The molecule has 3 rings (SSSR count). The van der Waals surface area contributed by atoms with Crippen LogP contribution in [0.2, 0.25) is 0 Å². The second-order valence-electron chi connectivity index (χ2n) is 6.96. The zero-order valence-corrected chi connectivity index (χ0v) is 17.6. The van der Waals surface area contributed by atoms with Crippen molar-refractivity contribution in [3.8, 4) is 5.75 Å². The van der Waals surface area contributed by atoms with Gasteiger partial charge in [0.1, 0.15) is 10.6 Å². The molecule has 1 aromatic rings. The van der Waals surface area contributed by atoms with E-state index in [1.54, 1.807) is 17.0 Å². The van der Waals surface area contributed by atoms with Gasteiger partial charge in [0, 0.05) is 43.8 Å². The largest absolute Gasteiger partial charge is 0.495 e. The van der Waals surface area contributed by atoms with Gasteiger partial charge in [0.15, 0.2) is 0 Å². The SMILES string of the molecule is COc1ccc(C(=O)N2CCNC(C)C2C)cc1S(=O)(=O)N1CCCC1.Cl. The average molecular weight is 418 g/mol. The Hall–Kier alpha value is -1.35. The molecule has 0 bridgehead atoms. The van der Waals surface area contributed by atoms with Crippen LogP contribution in [0, 0.1) is 0 Å². The Morgan fingerprint density at radius 1 is 1.19 bits per heavy atom. The van der Waals surface area contributed by atoms with Gasteiger partial charge in [-0.25, -0.2) is 8.42 Å². The van der Waals surface area contributed by atoms with Gasteiger partial charge < -0.3 is 15.0 Å². The van der Waals surface area contributed by atoms with Crippen molar-refractivity contribution in [2.24, 2.45) is 0 Å². The number of benzene rings is 1. The minimum atomic E-state index is -3.67. The van der Waals surface area contributed by atoms with E-state index in [2.05, 4.69) is 5.32 Å². The first-order chi connectivity index (χ1) is 12.4. The molecule has 0 saturated carbocycles. The number of sulfonamides is 1. The maximum atomic E-state index is 13.0. The van der Waals surface area contributed by atoms with E-state index in [1.807, 2.05) is 13.8 Å². The van der Waals surface area contributed by atoms with Crippen LogP contribution >= 0.6 is 12.4 Å². The monoisotopic (exact) mass is 417 g/mol. The third-order valence-corrected chi connectivity index (χ3v) is 7.31. The van der Waals surface area contributed by atoms with E-state index in [-0.39, 0.29) is 41.0 Å². The van der Waals surface area contributed by atoms with Crippen LogP contribution in [0.1, 0.15) is 37.0 Å². The number of carbonyl (C=O) groups excluding carboxylic acids is 1. The fourth-order valence-electron chi connectivity index (χ4n) is 3.59. The molecule has 2 atom stereocenters. The Kier molecular flexibility index (Phi) is 7.13. The molecule has 152 valence electrons. The third kappa shape index (κ3) is 4.23. The van der Waals surface area contributed by atoms with Gasteiger partial charge in [0.2, 0.25) is 10.0 Å². The number of carbonyl (C=O) groups is 1. The second kappa shape index (κ2) is 8.77. The van der Waals surface area contributed by atoms with E-state index in [0.29, 0.717) is 25.2 Å². The molecule has 2 aliphatic heterocycles. The van der Waals surface area contributed by atoms with Crippen LogP contribution in [0.5, 0.6) is 5.75 Å². The lowest BCUT2D eigenvalue weighted by molar-refractivity contribution is 0.0602. The van der Waals surface area contributed by atoms with E-state index in [1.165, 1.54) is 17.5 Å². The molecular formula is C18H28ClN3O4S. The van der Waals surface area contributed by atoms with Gasteiger partial charge in [0.25, 0.3) is 5.91 Å². The number of rotatable bonds is 4. The van der Waals surface area contributed by atoms with Crippen LogP contribution in [0.25, 0.3) is 0 Å². The first-order valence-electron chi connectivity index (χ1n) is 9.09. The fraction of sp³-hybridized carbons (Fsp3) is 0.611. The van der Waals surface area contributed by atoms with Crippen LogP contribution in [0.3, 0.4) is 0 Å². The maximum Gasteiger partial charge on any atom is 0.254 e. The van der Waals surface area contributed by atoms with Crippen LogP contribution in [-0.4, -0.2) is 68.9 Å². The van der Waals surface area contributed by atoms with Crippen molar-refractivity contribution in [2.45, 2.75) is 43.7 Å². The summed E-state index contributed by atoms with van der Waals surface area (Å²) in [6.07, 6.45) is 1.71. The van der Waals surface area contributed by atoms with Crippen LogP contribution in [0.4, 0.5) is 0 Å². The summed E-state index contributed by atoms with van der Waals surface area (Å²) in [6, 6.07) is 4.92. The zero-order chi connectivity index (χ0) is 18.9. The van der Waals surface area contributed by atoms with Crippen LogP contribution in [0.15, 0.2) is 23.1 Å². The number of hydrogen-bond donors (Lipinski definition) is 1. The van der Waals surface area contributed by atoms with Crippen molar-refractivity contribution in [1.29, 1.82) is 0 Å². The number of methoxy groups -OCH3 is 1. The van der Waals surface area contributed by atoms with Crippen LogP contribution < -0.4 is 10.1 Å². The van der Waals surface area contributed by atoms with Gasteiger partial charge in [-0.2, -0.15) is 4.31 Å². The van der Waals surface area contributed by atoms with Crippen molar-refractivity contribution in [3.05, 3.63) is 23.8 Å². The lowest BCUT2D eigenvalue weighted by atomic mass is 10.1. The molecule has 0 spiro atoms. The molecule has 27 heavy (non-hydrogen) atoms. The predicted molar refractivity (Wildman–Crippen MR) is 106 cm³/mol. The Balaban J connectivity index is 0.00000261. The van der Waals surface area contributed by atoms with Crippen molar-refractivity contribution in [2.75, 3.05) is 33.3 Å². The van der Waals surface area contributed by atoms with Crippen molar-refractivity contribution in [3.63, 3.8) is 0 Å². The highest BCUT2D eigenvalue weighted by Gasteiger charge is 2.33. The molecule has 2 fully saturated rings. The molecule has 9 heteroatoms. The Bertz CT molecular complexity index is 781. The minimum absolute atomic E-state index is 0. The molecule has 2 saturated heterocycles. The minimum Gasteiger partial charge on any atom is -0.495 e. The number of nitrogens with zero attached hydrogens (tertiary/aromatic N) is 2. The van der Waals surface area contributed by atoms with Crippen molar-refractivity contribution >= 4 is 28.3 Å². The first kappa shape index (κ1) is 21.9. The molecule has 2 heterocycles. The van der Waals surface area contributed by atoms with E-state index >= 15 is 0 Å². The summed E-state index contributed by atoms with van der Waals surface area (Å²) in [4.78, 5) is 14.9. The van der Waals surface area contributed by atoms with Crippen LogP contribution in [-0.2, 0) is 10.0 Å². The summed E-state index contributed by atoms with van der Waals surface area (Å²) in [6.45, 7) is 6.39. The standard InChI is InChI=1S/C18H27N3O4S.ClH/c1-13-14(2)21(11-8-19-13)18(22)15-6-7-16(25-3)17(12-15)26(23,24)20-9-4-5-10-20;/h6-7,12-14,19H,4-5,8-11H2,1-3H3;1H. The van der Waals surface area contributed by atoms with Crippen molar-refractivity contribution in [1.82, 2.24) is 14.5 Å². The normalized spacial score (nSPS) is 23.7. The van der Waals surface area contributed by atoms with E-state index in [4.69, 9.17) is 4.74 Å². The predicted octanol–water partition coefficient (Wildman–Crippen LogP) is 1.72. The molecule has 1 amide bonds. The summed E-state index contributed by atoms with van der Waals surface area (Å²) >= 11 is 0.